The predicted octanol–water partition coefficient (Wildman–Crippen LogP) is 3.08. The fourth-order valence-electron chi connectivity index (χ4n) is 1.09. The van der Waals surface area contributed by atoms with E-state index in [1.807, 2.05) is 0 Å². The highest BCUT2D eigenvalue weighted by molar-refractivity contribution is 5.87. The molecule has 72 valence electrons. The lowest BCUT2D eigenvalue weighted by atomic mass is 9.98. The maximum atomic E-state index is 5.16. The van der Waals surface area contributed by atoms with Crippen LogP contribution in [0, 0.1) is 11.8 Å². The highest BCUT2D eigenvalue weighted by Crippen LogP contribution is 2.08. The number of hydrogen-bond acceptors (Lipinski definition) is 2. The van der Waals surface area contributed by atoms with Gasteiger partial charge in [0.15, 0.2) is 0 Å². The van der Waals surface area contributed by atoms with Gasteiger partial charge < -0.3 is 4.84 Å². The van der Waals surface area contributed by atoms with Crippen LogP contribution in [-0.2, 0) is 4.84 Å². The summed E-state index contributed by atoms with van der Waals surface area (Å²) in [6.45, 7) is 11.4. The van der Waals surface area contributed by atoms with Crippen LogP contribution in [0.3, 0.4) is 0 Å². The monoisotopic (exact) mass is 171 g/mol. The Labute approximate surface area is 76.0 Å². The van der Waals surface area contributed by atoms with Crippen molar-refractivity contribution in [2.45, 2.75) is 41.0 Å². The van der Waals surface area contributed by atoms with Crippen molar-refractivity contribution in [2.24, 2.45) is 17.0 Å². The first-order valence-electron chi connectivity index (χ1n) is 4.79. The second-order valence-electron chi connectivity index (χ2n) is 3.66. The highest BCUT2D eigenvalue weighted by atomic mass is 16.6. The van der Waals surface area contributed by atoms with Crippen LogP contribution in [-0.4, -0.2) is 12.3 Å². The largest absolute Gasteiger partial charge is 0.396 e. The van der Waals surface area contributed by atoms with E-state index < -0.39 is 0 Å². The molecule has 0 fully saturated rings. The Kier molecular flexibility index (Phi) is 5.77. The minimum absolute atomic E-state index is 0.488. The molecule has 12 heavy (non-hydrogen) atoms. The molecule has 0 aliphatic rings. The summed E-state index contributed by atoms with van der Waals surface area (Å²) in [5, 5.41) is 4.13. The number of rotatable bonds is 5. The smallest absolute Gasteiger partial charge is 0.116 e. The van der Waals surface area contributed by atoms with Gasteiger partial charge in [0.2, 0.25) is 0 Å². The minimum Gasteiger partial charge on any atom is -0.396 e. The molecule has 0 saturated carbocycles. The third-order valence-corrected chi connectivity index (χ3v) is 1.65. The molecule has 0 spiro atoms. The van der Waals surface area contributed by atoms with Crippen LogP contribution in [0.1, 0.15) is 41.0 Å². The fourth-order valence-corrected chi connectivity index (χ4v) is 1.09. The standard InChI is InChI=1S/C10H21NO/c1-6-7-12-11-10(8(2)3)9(4)5/h8-9H,6-7H2,1-5H3. The van der Waals surface area contributed by atoms with Gasteiger partial charge >= 0.3 is 0 Å². The van der Waals surface area contributed by atoms with Crippen molar-refractivity contribution in [2.75, 3.05) is 6.61 Å². The van der Waals surface area contributed by atoms with Crippen molar-refractivity contribution in [3.8, 4) is 0 Å². The first-order valence-corrected chi connectivity index (χ1v) is 4.79. The molecule has 0 atom stereocenters. The molecular weight excluding hydrogens is 150 g/mol. The van der Waals surface area contributed by atoms with Crippen molar-refractivity contribution in [3.05, 3.63) is 0 Å². The summed E-state index contributed by atoms with van der Waals surface area (Å²) in [5.41, 5.74) is 1.16. The zero-order valence-corrected chi connectivity index (χ0v) is 8.92. The lowest BCUT2D eigenvalue weighted by Crippen LogP contribution is -2.15. The van der Waals surface area contributed by atoms with Gasteiger partial charge in [0, 0.05) is 0 Å². The predicted molar refractivity (Wildman–Crippen MR) is 53.4 cm³/mol. The van der Waals surface area contributed by atoms with E-state index in [0.29, 0.717) is 11.8 Å². The third-order valence-electron chi connectivity index (χ3n) is 1.65. The molecular formula is C10H21NO. The van der Waals surface area contributed by atoms with Crippen LogP contribution in [0.5, 0.6) is 0 Å². The summed E-state index contributed by atoms with van der Waals surface area (Å²) in [7, 11) is 0. The van der Waals surface area contributed by atoms with Crippen LogP contribution >= 0.6 is 0 Å². The summed E-state index contributed by atoms with van der Waals surface area (Å²) >= 11 is 0. The Morgan fingerprint density at radius 1 is 1.17 bits per heavy atom. The molecule has 0 aromatic rings. The lowest BCUT2D eigenvalue weighted by molar-refractivity contribution is 0.142. The van der Waals surface area contributed by atoms with E-state index in [9.17, 15) is 0 Å². The van der Waals surface area contributed by atoms with Crippen molar-refractivity contribution in [3.63, 3.8) is 0 Å². The quantitative estimate of drug-likeness (QED) is 0.354. The van der Waals surface area contributed by atoms with Gasteiger partial charge in [-0.3, -0.25) is 0 Å². The Hall–Kier alpha value is -0.530. The second kappa shape index (κ2) is 6.04. The van der Waals surface area contributed by atoms with Gasteiger partial charge in [-0.25, -0.2) is 0 Å². The molecule has 2 heteroatoms. The second-order valence-corrected chi connectivity index (χ2v) is 3.66. The maximum Gasteiger partial charge on any atom is 0.116 e. The molecule has 0 bridgehead atoms. The van der Waals surface area contributed by atoms with Crippen LogP contribution in [0.25, 0.3) is 0 Å². The van der Waals surface area contributed by atoms with Gasteiger partial charge in [-0.05, 0) is 18.3 Å². The Bertz CT molecular complexity index is 129. The van der Waals surface area contributed by atoms with E-state index in [-0.39, 0.29) is 0 Å². The molecule has 0 aromatic heterocycles. The number of oxime groups is 1. The molecule has 0 aliphatic carbocycles. The van der Waals surface area contributed by atoms with Crippen molar-refractivity contribution in [1.29, 1.82) is 0 Å². The summed E-state index contributed by atoms with van der Waals surface area (Å²) < 4.78 is 0. The highest BCUT2D eigenvalue weighted by Gasteiger charge is 2.10. The molecule has 0 aliphatic heterocycles. The van der Waals surface area contributed by atoms with Gasteiger partial charge in [0.25, 0.3) is 0 Å². The minimum atomic E-state index is 0.488. The molecule has 0 amide bonds. The zero-order chi connectivity index (χ0) is 9.56. The Morgan fingerprint density at radius 3 is 2.00 bits per heavy atom. The molecule has 0 heterocycles. The Morgan fingerprint density at radius 2 is 1.67 bits per heavy atom. The van der Waals surface area contributed by atoms with Gasteiger partial charge in [-0.1, -0.05) is 39.8 Å². The molecule has 0 radical (unpaired) electrons. The molecule has 0 N–H and O–H groups in total. The van der Waals surface area contributed by atoms with Crippen LogP contribution < -0.4 is 0 Å². The average molecular weight is 171 g/mol. The van der Waals surface area contributed by atoms with Gasteiger partial charge in [0.1, 0.15) is 6.61 Å². The molecule has 0 rings (SSSR count). The molecule has 0 saturated heterocycles. The van der Waals surface area contributed by atoms with E-state index in [2.05, 4.69) is 39.8 Å². The van der Waals surface area contributed by atoms with Crippen molar-refractivity contribution >= 4 is 5.71 Å². The zero-order valence-electron chi connectivity index (χ0n) is 8.92. The maximum absolute atomic E-state index is 5.16. The van der Waals surface area contributed by atoms with Crippen LogP contribution in [0.2, 0.25) is 0 Å². The lowest BCUT2D eigenvalue weighted by Gasteiger charge is -2.12. The van der Waals surface area contributed by atoms with Gasteiger partial charge in [0.05, 0.1) is 5.71 Å². The van der Waals surface area contributed by atoms with Crippen molar-refractivity contribution in [1.82, 2.24) is 0 Å². The summed E-state index contributed by atoms with van der Waals surface area (Å²) in [6.07, 6.45) is 1.02. The van der Waals surface area contributed by atoms with Gasteiger partial charge in [-0.15, -0.1) is 0 Å². The number of hydrogen-bond donors (Lipinski definition) is 0. The number of nitrogens with zero attached hydrogens (tertiary/aromatic N) is 1. The molecule has 0 unspecified atom stereocenters. The molecule has 2 nitrogen and oxygen atoms in total. The topological polar surface area (TPSA) is 21.6 Å². The van der Waals surface area contributed by atoms with Crippen molar-refractivity contribution < 1.29 is 4.84 Å². The Balaban J connectivity index is 4.00. The van der Waals surface area contributed by atoms with E-state index in [0.717, 1.165) is 18.7 Å². The van der Waals surface area contributed by atoms with Crippen LogP contribution in [0.4, 0.5) is 0 Å². The first-order chi connectivity index (χ1) is 5.59. The average Bonchev–Trinajstić information content (AvgIpc) is 1.96. The fraction of sp³-hybridized carbons (Fsp3) is 0.900. The first kappa shape index (κ1) is 11.5. The van der Waals surface area contributed by atoms with E-state index in [4.69, 9.17) is 4.84 Å². The third kappa shape index (κ3) is 4.37. The van der Waals surface area contributed by atoms with E-state index >= 15 is 0 Å². The SMILES string of the molecule is CCCON=C(C(C)C)C(C)C. The summed E-state index contributed by atoms with van der Waals surface area (Å²) in [6, 6.07) is 0. The van der Waals surface area contributed by atoms with E-state index in [1.165, 1.54) is 0 Å². The van der Waals surface area contributed by atoms with E-state index in [1.54, 1.807) is 0 Å². The summed E-state index contributed by atoms with van der Waals surface area (Å²) in [4.78, 5) is 5.16. The van der Waals surface area contributed by atoms with Crippen LogP contribution in [0.15, 0.2) is 5.16 Å². The normalized spacial score (nSPS) is 10.6. The summed E-state index contributed by atoms with van der Waals surface area (Å²) in [5.74, 6) is 0.976. The molecule has 0 aromatic carbocycles. The van der Waals surface area contributed by atoms with Gasteiger partial charge in [-0.2, -0.15) is 0 Å².